The zero-order valence-electron chi connectivity index (χ0n) is 22.5. The molecule has 0 saturated heterocycles. The quantitative estimate of drug-likeness (QED) is 0.0735. The van der Waals surface area contributed by atoms with Gasteiger partial charge in [-0.3, -0.25) is 5.41 Å². The maximum atomic E-state index is 13.8. The number of guanidine groups is 1. The Bertz CT molecular complexity index is 1380. The molecule has 2 amide bonds. The summed E-state index contributed by atoms with van der Waals surface area (Å²) >= 11 is -0.0999. The molecule has 0 spiro atoms. The minimum atomic E-state index is -1.29. The van der Waals surface area contributed by atoms with Crippen LogP contribution in [0.5, 0.6) is 0 Å². The fourth-order valence-corrected chi connectivity index (χ4v) is 8.00. The summed E-state index contributed by atoms with van der Waals surface area (Å²) in [4.78, 5) is 58.9. The Labute approximate surface area is 249 Å². The molecule has 41 heavy (non-hydrogen) atoms. The van der Waals surface area contributed by atoms with Gasteiger partial charge < -0.3 is 5.73 Å². The van der Waals surface area contributed by atoms with Gasteiger partial charge in [0, 0.05) is 0 Å². The molecule has 3 atom stereocenters. The summed E-state index contributed by atoms with van der Waals surface area (Å²) < 4.78 is -0.338. The number of thiazole rings is 1. The Morgan fingerprint density at radius 1 is 1.15 bits per heavy atom. The first-order valence-corrected chi connectivity index (χ1v) is 16.5. The summed E-state index contributed by atoms with van der Waals surface area (Å²) in [5, 5.41) is 14.8. The molecular formula is C29H33AsN6O4S. The summed E-state index contributed by atoms with van der Waals surface area (Å²) in [6.45, 7) is 0.104. The molecule has 0 fully saturated rings. The molecule has 1 aromatic heterocycles. The first-order chi connectivity index (χ1) is 19.8. The number of rotatable bonds is 13. The van der Waals surface area contributed by atoms with Gasteiger partial charge in [-0.15, -0.1) is 0 Å². The number of carbonyl (C=O) groups excluding carboxylic acids is 4. The number of nitrogens with zero attached hydrogens (tertiary/aromatic N) is 2. The first kappa shape index (κ1) is 30.1. The Balaban J connectivity index is 1.48. The number of nitrogens with two attached hydrogens (primary N) is 1. The van der Waals surface area contributed by atoms with Crippen molar-refractivity contribution in [3.63, 3.8) is 0 Å². The van der Waals surface area contributed by atoms with E-state index in [9.17, 15) is 19.2 Å². The average molecular weight is 637 g/mol. The molecule has 2 aromatic carbocycles. The van der Waals surface area contributed by atoms with E-state index in [1.54, 1.807) is 5.38 Å². The van der Waals surface area contributed by atoms with Crippen LogP contribution >= 0.6 is 11.3 Å². The summed E-state index contributed by atoms with van der Waals surface area (Å²) in [7, 11) is 0. The van der Waals surface area contributed by atoms with Crippen LogP contribution in [0.25, 0.3) is 0 Å². The normalized spacial score (nSPS) is 15.7. The number of benzene rings is 2. The molecular weight excluding hydrogens is 603 g/mol. The molecule has 12 heteroatoms. The molecule has 4 rings (SSSR count). The third-order valence-electron chi connectivity index (χ3n) is 6.67. The van der Waals surface area contributed by atoms with Gasteiger partial charge in [0.25, 0.3) is 0 Å². The molecule has 10 nitrogen and oxygen atoms in total. The van der Waals surface area contributed by atoms with Crippen LogP contribution in [0.1, 0.15) is 40.2 Å². The molecule has 1 aliphatic heterocycles. The van der Waals surface area contributed by atoms with E-state index in [1.165, 1.54) is 22.4 Å². The fraction of sp³-hybridized carbons (Fsp3) is 0.310. The van der Waals surface area contributed by atoms with Crippen molar-refractivity contribution < 1.29 is 19.2 Å². The standard InChI is InChI=1S/C29H33AsN6O4S/c31-29(32)34-14-6-10-22(26(39)27-33-15-16-41-27)35-25(38)18-36-23-11-5-4-9-20(23)12-13-21(28(36)40)30-24(37)17-19-7-2-1-3-8-19/h1-5,7-9,11,15-16,21-22,30H,6,10,12-14,17-18H2,(H,35,38)(H4,31,32,34)/t21?,22-/m1/s1. The van der Waals surface area contributed by atoms with E-state index in [0.717, 1.165) is 11.1 Å². The van der Waals surface area contributed by atoms with Gasteiger partial charge in [0.2, 0.25) is 0 Å². The number of fused-ring (bicyclic) bond motifs is 1. The number of nitrogens with one attached hydrogen (secondary N) is 3. The molecule has 0 bridgehead atoms. The van der Waals surface area contributed by atoms with Crippen LogP contribution in [-0.4, -0.2) is 68.0 Å². The van der Waals surface area contributed by atoms with E-state index >= 15 is 0 Å². The van der Waals surface area contributed by atoms with Crippen LogP contribution in [0.2, 0.25) is 4.71 Å². The SMILES string of the molecule is N=C(N)NCCC[C@@H](NC(=O)CN1C(=O)C([AsH]C(=O)Cc2ccccc2)CCc2ccccc21)C(=O)c1nccs1. The van der Waals surface area contributed by atoms with Crippen molar-refractivity contribution >= 4 is 60.9 Å². The number of Topliss-reactive ketones (excluding diaryl/α,β-unsaturated/α-hetero) is 1. The number of para-hydroxylation sites is 1. The molecule has 0 radical (unpaired) electrons. The van der Waals surface area contributed by atoms with Crippen LogP contribution < -0.4 is 21.3 Å². The van der Waals surface area contributed by atoms with E-state index < -0.39 is 32.4 Å². The van der Waals surface area contributed by atoms with E-state index in [4.69, 9.17) is 11.1 Å². The molecule has 5 N–H and O–H groups in total. The van der Waals surface area contributed by atoms with E-state index in [2.05, 4.69) is 15.6 Å². The Morgan fingerprint density at radius 3 is 2.63 bits per heavy atom. The van der Waals surface area contributed by atoms with Crippen molar-refractivity contribution in [2.24, 2.45) is 5.73 Å². The Morgan fingerprint density at radius 2 is 1.90 bits per heavy atom. The van der Waals surface area contributed by atoms with Crippen molar-refractivity contribution in [2.45, 2.75) is 42.9 Å². The number of amides is 2. The van der Waals surface area contributed by atoms with Gasteiger partial charge in [-0.25, -0.2) is 0 Å². The number of anilines is 1. The molecule has 0 aliphatic carbocycles. The van der Waals surface area contributed by atoms with Gasteiger partial charge >= 0.3 is 239 Å². The number of ketones is 1. The third kappa shape index (κ3) is 8.58. The number of carbonyl (C=O) groups is 4. The maximum absolute atomic E-state index is 13.8. The van der Waals surface area contributed by atoms with Gasteiger partial charge in [0.1, 0.15) is 0 Å². The van der Waals surface area contributed by atoms with E-state index in [1.807, 2.05) is 54.6 Å². The van der Waals surface area contributed by atoms with E-state index in [0.29, 0.717) is 44.3 Å². The average Bonchev–Trinajstić information content (AvgIpc) is 3.47. The summed E-state index contributed by atoms with van der Waals surface area (Å²) in [6.07, 6.45) is 3.81. The fourth-order valence-electron chi connectivity index (χ4n) is 4.72. The zero-order chi connectivity index (χ0) is 29.2. The number of aromatic nitrogens is 1. The van der Waals surface area contributed by atoms with Gasteiger partial charge in [-0.1, -0.05) is 0 Å². The summed E-state index contributed by atoms with van der Waals surface area (Å²) in [6, 6.07) is 16.1. The molecule has 1 aliphatic rings. The van der Waals surface area contributed by atoms with Gasteiger partial charge in [0.05, 0.1) is 0 Å². The Hall–Kier alpha value is -3.82. The van der Waals surface area contributed by atoms with Gasteiger partial charge in [-0.05, 0) is 0 Å². The second kappa shape index (κ2) is 14.7. The van der Waals surface area contributed by atoms with Crippen LogP contribution in [0.15, 0.2) is 66.2 Å². The Kier molecular flexibility index (Phi) is 10.8. The number of hydrogen-bond donors (Lipinski definition) is 4. The second-order valence-electron chi connectivity index (χ2n) is 9.68. The van der Waals surface area contributed by atoms with Crippen LogP contribution in [0.4, 0.5) is 5.69 Å². The van der Waals surface area contributed by atoms with Crippen LogP contribution in [0, 0.1) is 5.41 Å². The topological polar surface area (TPSA) is 158 Å². The van der Waals surface area contributed by atoms with Crippen molar-refractivity contribution in [3.8, 4) is 0 Å². The number of aryl methyl sites for hydroxylation is 1. The predicted octanol–water partition coefficient (Wildman–Crippen LogP) is 2.05. The monoisotopic (exact) mass is 636 g/mol. The molecule has 2 unspecified atom stereocenters. The first-order valence-electron chi connectivity index (χ1n) is 13.4. The van der Waals surface area contributed by atoms with E-state index in [-0.39, 0.29) is 33.8 Å². The van der Waals surface area contributed by atoms with Crippen molar-refractivity contribution in [1.29, 1.82) is 5.41 Å². The zero-order valence-corrected chi connectivity index (χ0v) is 25.4. The third-order valence-corrected chi connectivity index (χ3v) is 10.4. The van der Waals surface area contributed by atoms with Crippen LogP contribution in [-0.2, 0) is 27.2 Å². The van der Waals surface area contributed by atoms with Crippen molar-refractivity contribution in [1.82, 2.24) is 15.6 Å². The van der Waals surface area contributed by atoms with Crippen LogP contribution in [0.3, 0.4) is 0 Å². The van der Waals surface area contributed by atoms with Gasteiger partial charge in [-0.2, -0.15) is 0 Å². The predicted molar refractivity (Wildman–Crippen MR) is 161 cm³/mol. The molecule has 2 heterocycles. The second-order valence-corrected chi connectivity index (χ2v) is 13.8. The molecule has 214 valence electrons. The molecule has 3 aromatic rings. The summed E-state index contributed by atoms with van der Waals surface area (Å²) in [5.41, 5.74) is 7.88. The minimum absolute atomic E-state index is 0.0955. The van der Waals surface area contributed by atoms with Crippen molar-refractivity contribution in [3.05, 3.63) is 82.3 Å². The number of hydrogen-bond acceptors (Lipinski definition) is 7. The van der Waals surface area contributed by atoms with Crippen molar-refractivity contribution in [2.75, 3.05) is 18.0 Å². The molecule has 0 saturated carbocycles. The van der Waals surface area contributed by atoms with Gasteiger partial charge in [0.15, 0.2) is 0 Å². The summed E-state index contributed by atoms with van der Waals surface area (Å²) in [5.74, 6) is -1.18.